The molecule has 1 aliphatic rings. The molecule has 1 fully saturated rings. The van der Waals surface area contributed by atoms with Gasteiger partial charge in [0.2, 0.25) is 0 Å². The van der Waals surface area contributed by atoms with Gasteiger partial charge in [0.25, 0.3) is 0 Å². The second-order valence-electron chi connectivity index (χ2n) is 4.50. The lowest BCUT2D eigenvalue weighted by molar-refractivity contribution is 0.0846. The molecule has 0 unspecified atom stereocenters. The van der Waals surface area contributed by atoms with Crippen LogP contribution in [0.25, 0.3) is 0 Å². The van der Waals surface area contributed by atoms with Crippen LogP contribution in [-0.4, -0.2) is 25.8 Å². The molecule has 3 heteroatoms. The third kappa shape index (κ3) is 2.99. The first-order chi connectivity index (χ1) is 8.35. The molecular formula is C14H22N2O. The number of hydrogen-bond donors (Lipinski definition) is 1. The molecule has 0 atom stereocenters. The van der Waals surface area contributed by atoms with E-state index in [1.54, 1.807) is 0 Å². The van der Waals surface area contributed by atoms with Crippen molar-refractivity contribution in [3.63, 3.8) is 0 Å². The molecule has 2 rings (SSSR count). The van der Waals surface area contributed by atoms with Gasteiger partial charge >= 0.3 is 0 Å². The van der Waals surface area contributed by atoms with Gasteiger partial charge in [0, 0.05) is 38.0 Å². The highest BCUT2D eigenvalue weighted by molar-refractivity contribution is 5.48. The molecule has 0 aliphatic carbocycles. The zero-order valence-electron chi connectivity index (χ0n) is 10.6. The molecule has 1 heterocycles. The lowest BCUT2D eigenvalue weighted by Crippen LogP contribution is -2.39. The van der Waals surface area contributed by atoms with Gasteiger partial charge in [-0.1, -0.05) is 12.1 Å². The van der Waals surface area contributed by atoms with Crippen molar-refractivity contribution in [2.24, 2.45) is 5.73 Å². The van der Waals surface area contributed by atoms with Crippen molar-refractivity contribution in [3.05, 3.63) is 29.8 Å². The van der Waals surface area contributed by atoms with Crippen LogP contribution in [-0.2, 0) is 11.3 Å². The first-order valence-corrected chi connectivity index (χ1v) is 6.48. The van der Waals surface area contributed by atoms with Crippen LogP contribution in [0.15, 0.2) is 24.3 Å². The van der Waals surface area contributed by atoms with E-state index in [4.69, 9.17) is 10.5 Å². The van der Waals surface area contributed by atoms with Crippen LogP contribution in [0.1, 0.15) is 25.3 Å². The summed E-state index contributed by atoms with van der Waals surface area (Å²) in [6.45, 7) is 5.66. The largest absolute Gasteiger partial charge is 0.381 e. The second kappa shape index (κ2) is 6.03. The fourth-order valence-electron chi connectivity index (χ4n) is 2.47. The Kier molecular flexibility index (Phi) is 4.40. The first kappa shape index (κ1) is 12.4. The van der Waals surface area contributed by atoms with Crippen LogP contribution >= 0.6 is 0 Å². The van der Waals surface area contributed by atoms with E-state index in [1.807, 2.05) is 0 Å². The molecule has 0 bridgehead atoms. The molecule has 17 heavy (non-hydrogen) atoms. The van der Waals surface area contributed by atoms with E-state index >= 15 is 0 Å². The predicted octanol–water partition coefficient (Wildman–Crippen LogP) is 2.15. The summed E-state index contributed by atoms with van der Waals surface area (Å²) in [4.78, 5) is 2.48. The quantitative estimate of drug-likeness (QED) is 0.867. The lowest BCUT2D eigenvalue weighted by Gasteiger charge is -2.35. The van der Waals surface area contributed by atoms with E-state index in [-0.39, 0.29) is 0 Å². The molecule has 1 saturated heterocycles. The van der Waals surface area contributed by atoms with Crippen molar-refractivity contribution in [2.45, 2.75) is 32.4 Å². The molecule has 0 spiro atoms. The van der Waals surface area contributed by atoms with Gasteiger partial charge in [0.1, 0.15) is 0 Å². The van der Waals surface area contributed by atoms with Crippen LogP contribution < -0.4 is 10.6 Å². The first-order valence-electron chi connectivity index (χ1n) is 6.48. The van der Waals surface area contributed by atoms with Gasteiger partial charge in [-0.05, 0) is 37.5 Å². The number of hydrogen-bond acceptors (Lipinski definition) is 3. The van der Waals surface area contributed by atoms with Crippen molar-refractivity contribution in [3.8, 4) is 0 Å². The Morgan fingerprint density at radius 2 is 1.88 bits per heavy atom. The Morgan fingerprint density at radius 3 is 2.41 bits per heavy atom. The summed E-state index contributed by atoms with van der Waals surface area (Å²) in [5.41, 5.74) is 8.12. The Balaban J connectivity index is 2.10. The van der Waals surface area contributed by atoms with Crippen molar-refractivity contribution in [1.82, 2.24) is 0 Å². The third-order valence-electron chi connectivity index (χ3n) is 3.48. The summed E-state index contributed by atoms with van der Waals surface area (Å²) in [5, 5.41) is 0. The number of rotatable bonds is 4. The monoisotopic (exact) mass is 234 g/mol. The van der Waals surface area contributed by atoms with E-state index < -0.39 is 0 Å². The van der Waals surface area contributed by atoms with Gasteiger partial charge in [-0.3, -0.25) is 0 Å². The number of nitrogens with zero attached hydrogens (tertiary/aromatic N) is 1. The summed E-state index contributed by atoms with van der Waals surface area (Å²) >= 11 is 0. The second-order valence-corrected chi connectivity index (χ2v) is 4.50. The number of benzene rings is 1. The van der Waals surface area contributed by atoms with Gasteiger partial charge < -0.3 is 15.4 Å². The minimum Gasteiger partial charge on any atom is -0.381 e. The van der Waals surface area contributed by atoms with Crippen LogP contribution in [0.2, 0.25) is 0 Å². The number of ether oxygens (including phenoxy) is 1. The Hall–Kier alpha value is -1.06. The highest BCUT2D eigenvalue weighted by Crippen LogP contribution is 2.22. The standard InChI is InChI=1S/C14H22N2O/c1-2-16(14-7-9-17-10-8-14)13-5-3-12(11-15)4-6-13/h3-6,14H,2,7-11,15H2,1H3. The van der Waals surface area contributed by atoms with Crippen molar-refractivity contribution in [1.29, 1.82) is 0 Å². The van der Waals surface area contributed by atoms with Crippen LogP contribution in [0.4, 0.5) is 5.69 Å². The van der Waals surface area contributed by atoms with E-state index in [0.717, 1.165) is 32.6 Å². The molecule has 0 saturated carbocycles. The van der Waals surface area contributed by atoms with E-state index in [0.29, 0.717) is 12.6 Å². The molecule has 94 valence electrons. The molecule has 0 radical (unpaired) electrons. The fourth-order valence-corrected chi connectivity index (χ4v) is 2.47. The predicted molar refractivity (Wildman–Crippen MR) is 71.2 cm³/mol. The summed E-state index contributed by atoms with van der Waals surface area (Å²) in [7, 11) is 0. The fraction of sp³-hybridized carbons (Fsp3) is 0.571. The Bertz CT molecular complexity index is 331. The molecule has 0 aromatic heterocycles. The molecule has 1 aromatic carbocycles. The average Bonchev–Trinajstić information content (AvgIpc) is 2.42. The lowest BCUT2D eigenvalue weighted by atomic mass is 10.1. The Labute approximate surface area is 104 Å². The van der Waals surface area contributed by atoms with Crippen molar-refractivity contribution in [2.75, 3.05) is 24.7 Å². The van der Waals surface area contributed by atoms with Crippen LogP contribution in [0, 0.1) is 0 Å². The van der Waals surface area contributed by atoms with Crippen molar-refractivity contribution >= 4 is 5.69 Å². The zero-order valence-corrected chi connectivity index (χ0v) is 10.6. The molecule has 3 nitrogen and oxygen atoms in total. The molecule has 2 N–H and O–H groups in total. The van der Waals surface area contributed by atoms with Gasteiger partial charge in [-0.15, -0.1) is 0 Å². The SMILES string of the molecule is CCN(c1ccc(CN)cc1)C1CCOCC1. The average molecular weight is 234 g/mol. The van der Waals surface area contributed by atoms with Crippen LogP contribution in [0.3, 0.4) is 0 Å². The summed E-state index contributed by atoms with van der Waals surface area (Å²) < 4.78 is 5.42. The van der Waals surface area contributed by atoms with E-state index in [1.165, 1.54) is 11.3 Å². The summed E-state index contributed by atoms with van der Waals surface area (Å²) in [6, 6.07) is 9.23. The van der Waals surface area contributed by atoms with Gasteiger partial charge in [-0.25, -0.2) is 0 Å². The maximum absolute atomic E-state index is 5.62. The topological polar surface area (TPSA) is 38.5 Å². The molecule has 1 aliphatic heterocycles. The molecule has 0 amide bonds. The number of nitrogens with two attached hydrogens (primary N) is 1. The smallest absolute Gasteiger partial charge is 0.0485 e. The minimum atomic E-state index is 0.615. The van der Waals surface area contributed by atoms with Gasteiger partial charge in [0.15, 0.2) is 0 Å². The highest BCUT2D eigenvalue weighted by Gasteiger charge is 2.20. The van der Waals surface area contributed by atoms with Gasteiger partial charge in [0.05, 0.1) is 0 Å². The maximum atomic E-state index is 5.62. The zero-order chi connectivity index (χ0) is 12.1. The minimum absolute atomic E-state index is 0.615. The molecular weight excluding hydrogens is 212 g/mol. The normalized spacial score (nSPS) is 17.1. The summed E-state index contributed by atoms with van der Waals surface area (Å²) in [5.74, 6) is 0. The summed E-state index contributed by atoms with van der Waals surface area (Å²) in [6.07, 6.45) is 2.26. The highest BCUT2D eigenvalue weighted by atomic mass is 16.5. The van der Waals surface area contributed by atoms with Crippen molar-refractivity contribution < 1.29 is 4.74 Å². The third-order valence-corrected chi connectivity index (χ3v) is 3.48. The number of anilines is 1. The Morgan fingerprint density at radius 1 is 1.24 bits per heavy atom. The van der Waals surface area contributed by atoms with Gasteiger partial charge in [-0.2, -0.15) is 0 Å². The maximum Gasteiger partial charge on any atom is 0.0485 e. The van der Waals surface area contributed by atoms with E-state index in [2.05, 4.69) is 36.1 Å². The van der Waals surface area contributed by atoms with E-state index in [9.17, 15) is 0 Å². The molecule has 1 aromatic rings. The van der Waals surface area contributed by atoms with Crippen LogP contribution in [0.5, 0.6) is 0 Å².